The molecule has 0 radical (unpaired) electrons. The minimum Gasteiger partial charge on any atom is -0.351 e. The maximum atomic E-state index is 13.1. The predicted octanol–water partition coefficient (Wildman–Crippen LogP) is 2.57. The first-order chi connectivity index (χ1) is 13.3. The Morgan fingerprint density at radius 1 is 1.32 bits per heavy atom. The Morgan fingerprint density at radius 3 is 2.86 bits per heavy atom. The van der Waals surface area contributed by atoms with Crippen LogP contribution in [0.4, 0.5) is 14.6 Å². The molecule has 0 spiro atoms. The monoisotopic (exact) mass is 406 g/mol. The van der Waals surface area contributed by atoms with E-state index in [1.165, 1.54) is 14.0 Å². The highest BCUT2D eigenvalue weighted by Gasteiger charge is 2.45. The van der Waals surface area contributed by atoms with Crippen LogP contribution in [0.3, 0.4) is 0 Å². The van der Waals surface area contributed by atoms with Gasteiger partial charge in [0.25, 0.3) is 5.78 Å². The van der Waals surface area contributed by atoms with Gasteiger partial charge in [-0.05, 0) is 19.8 Å². The molecular formula is C18H20F2N6OS. The molecule has 3 aromatic rings. The lowest BCUT2D eigenvalue weighted by atomic mass is 9.81. The van der Waals surface area contributed by atoms with E-state index < -0.39 is 5.92 Å². The molecule has 1 fully saturated rings. The summed E-state index contributed by atoms with van der Waals surface area (Å²) in [5, 5.41) is 4.35. The van der Waals surface area contributed by atoms with Gasteiger partial charge in [0.1, 0.15) is 5.82 Å². The van der Waals surface area contributed by atoms with Gasteiger partial charge in [0.05, 0.1) is 17.7 Å². The Kier molecular flexibility index (Phi) is 3.84. The van der Waals surface area contributed by atoms with Gasteiger partial charge in [-0.2, -0.15) is 4.98 Å². The van der Waals surface area contributed by atoms with Gasteiger partial charge >= 0.3 is 5.69 Å². The molecule has 0 N–H and O–H groups in total. The average Bonchev–Trinajstić information content (AvgIpc) is 3.21. The van der Waals surface area contributed by atoms with Crippen molar-refractivity contribution in [2.45, 2.75) is 52.1 Å². The summed E-state index contributed by atoms with van der Waals surface area (Å²) in [6.07, 6.45) is 0.491. The van der Waals surface area contributed by atoms with Gasteiger partial charge in [0.2, 0.25) is 5.92 Å². The van der Waals surface area contributed by atoms with Gasteiger partial charge in [-0.25, -0.2) is 27.6 Å². The largest absolute Gasteiger partial charge is 0.351 e. The van der Waals surface area contributed by atoms with Crippen LogP contribution in [0.2, 0.25) is 0 Å². The zero-order valence-electron chi connectivity index (χ0n) is 15.7. The molecule has 0 bridgehead atoms. The van der Waals surface area contributed by atoms with E-state index in [2.05, 4.69) is 20.0 Å². The van der Waals surface area contributed by atoms with Gasteiger partial charge in [0, 0.05) is 48.5 Å². The third-order valence-corrected chi connectivity index (χ3v) is 6.69. The minimum atomic E-state index is -2.60. The molecule has 0 atom stereocenters. The van der Waals surface area contributed by atoms with Crippen molar-refractivity contribution in [3.63, 3.8) is 0 Å². The third-order valence-electron chi connectivity index (χ3n) is 5.83. The molecule has 10 heteroatoms. The standard InChI is InChI=1S/C18H20F2N6OS/c1-10-11(2)26-16(23-25(17(26)27)7-12-5-18(19,20)6-12)22-15(10)24-4-3-13-14(8-24)28-9-21-13/h9,12H,3-8H2,1-2H3. The number of aryl methyl sites for hydroxylation is 1. The lowest BCUT2D eigenvalue weighted by Crippen LogP contribution is -2.39. The molecule has 0 amide bonds. The van der Waals surface area contributed by atoms with E-state index in [1.54, 1.807) is 11.3 Å². The van der Waals surface area contributed by atoms with Crippen LogP contribution >= 0.6 is 11.3 Å². The summed E-state index contributed by atoms with van der Waals surface area (Å²) < 4.78 is 29.0. The summed E-state index contributed by atoms with van der Waals surface area (Å²) in [7, 11) is 0. The number of thiazole rings is 1. The highest BCUT2D eigenvalue weighted by atomic mass is 32.1. The van der Waals surface area contributed by atoms with Gasteiger partial charge in [-0.15, -0.1) is 16.4 Å². The SMILES string of the molecule is Cc1c(N2CCc3ncsc3C2)nc2nn(CC3CC(F)(F)C3)c(=O)n2c1C. The number of hydrogen-bond donors (Lipinski definition) is 0. The normalized spacial score (nSPS) is 19.1. The van der Waals surface area contributed by atoms with Crippen LogP contribution in [0, 0.1) is 19.8 Å². The van der Waals surface area contributed by atoms with E-state index in [1.807, 2.05) is 19.4 Å². The Labute approximate surface area is 163 Å². The maximum Gasteiger partial charge on any atom is 0.351 e. The smallest absolute Gasteiger partial charge is 0.351 e. The highest BCUT2D eigenvalue weighted by Crippen LogP contribution is 2.42. The number of rotatable bonds is 3. The van der Waals surface area contributed by atoms with Crippen molar-refractivity contribution < 1.29 is 8.78 Å². The summed E-state index contributed by atoms with van der Waals surface area (Å²) in [4.78, 5) is 25.3. The fraction of sp³-hybridized carbons (Fsp3) is 0.556. The van der Waals surface area contributed by atoms with E-state index in [4.69, 9.17) is 0 Å². The van der Waals surface area contributed by atoms with Crippen molar-refractivity contribution in [1.29, 1.82) is 0 Å². The second-order valence-corrected chi connectivity index (χ2v) is 8.71. The molecule has 7 nitrogen and oxygen atoms in total. The Bertz CT molecular complexity index is 1130. The van der Waals surface area contributed by atoms with Gasteiger partial charge in [0.15, 0.2) is 0 Å². The molecule has 5 rings (SSSR count). The summed E-state index contributed by atoms with van der Waals surface area (Å²) in [5.74, 6) is -1.68. The molecule has 0 saturated heterocycles. The molecule has 148 valence electrons. The topological polar surface area (TPSA) is 68.3 Å². The summed E-state index contributed by atoms with van der Waals surface area (Å²) in [6.45, 7) is 5.59. The molecule has 0 unspecified atom stereocenters. The first kappa shape index (κ1) is 17.7. The van der Waals surface area contributed by atoms with E-state index in [0.717, 1.165) is 42.3 Å². The van der Waals surface area contributed by atoms with E-state index in [-0.39, 0.29) is 31.0 Å². The quantitative estimate of drug-likeness (QED) is 0.669. The number of halogens is 2. The van der Waals surface area contributed by atoms with E-state index >= 15 is 0 Å². The third kappa shape index (κ3) is 2.73. The zero-order chi connectivity index (χ0) is 19.6. The van der Waals surface area contributed by atoms with Crippen molar-refractivity contribution in [3.05, 3.63) is 37.8 Å². The van der Waals surface area contributed by atoms with Crippen LogP contribution in [-0.2, 0) is 19.5 Å². The predicted molar refractivity (Wildman–Crippen MR) is 101 cm³/mol. The highest BCUT2D eigenvalue weighted by molar-refractivity contribution is 7.09. The van der Waals surface area contributed by atoms with E-state index in [9.17, 15) is 13.6 Å². The van der Waals surface area contributed by atoms with Crippen LogP contribution in [-0.4, -0.2) is 36.6 Å². The second kappa shape index (κ2) is 6.07. The molecule has 1 aliphatic heterocycles. The van der Waals surface area contributed by atoms with Crippen molar-refractivity contribution >= 4 is 22.9 Å². The van der Waals surface area contributed by atoms with Crippen LogP contribution in [0.15, 0.2) is 10.3 Å². The second-order valence-electron chi connectivity index (χ2n) is 7.77. The Morgan fingerprint density at radius 2 is 2.11 bits per heavy atom. The fourth-order valence-corrected chi connectivity index (χ4v) is 4.98. The number of anilines is 1. The van der Waals surface area contributed by atoms with Crippen molar-refractivity contribution in [3.8, 4) is 0 Å². The number of alkyl halides is 2. The number of hydrogen-bond acceptors (Lipinski definition) is 6. The number of aromatic nitrogens is 5. The molecule has 1 aliphatic carbocycles. The van der Waals surface area contributed by atoms with Crippen molar-refractivity contribution in [2.24, 2.45) is 5.92 Å². The molecular weight excluding hydrogens is 386 g/mol. The Hall–Kier alpha value is -2.36. The summed E-state index contributed by atoms with van der Waals surface area (Å²) in [6, 6.07) is 0. The molecule has 1 saturated carbocycles. The Balaban J connectivity index is 1.50. The summed E-state index contributed by atoms with van der Waals surface area (Å²) in [5.41, 5.74) is 4.42. The summed E-state index contributed by atoms with van der Waals surface area (Å²) >= 11 is 1.64. The molecule has 2 aliphatic rings. The van der Waals surface area contributed by atoms with Gasteiger partial charge in [-0.1, -0.05) is 0 Å². The van der Waals surface area contributed by atoms with Gasteiger partial charge < -0.3 is 4.90 Å². The molecule has 3 aromatic heterocycles. The first-order valence-electron chi connectivity index (χ1n) is 9.33. The number of fused-ring (bicyclic) bond motifs is 2. The molecule has 0 aromatic carbocycles. The van der Waals surface area contributed by atoms with Crippen LogP contribution in [0.1, 0.15) is 34.7 Å². The van der Waals surface area contributed by atoms with Crippen LogP contribution in [0.25, 0.3) is 5.78 Å². The number of nitrogens with zero attached hydrogens (tertiary/aromatic N) is 6. The average molecular weight is 406 g/mol. The van der Waals surface area contributed by atoms with Crippen molar-refractivity contribution in [1.82, 2.24) is 24.1 Å². The zero-order valence-corrected chi connectivity index (χ0v) is 16.5. The van der Waals surface area contributed by atoms with Gasteiger partial charge in [-0.3, -0.25) is 0 Å². The van der Waals surface area contributed by atoms with E-state index in [0.29, 0.717) is 5.78 Å². The lowest BCUT2D eigenvalue weighted by molar-refractivity contribution is -0.114. The van der Waals surface area contributed by atoms with Crippen molar-refractivity contribution in [2.75, 3.05) is 11.4 Å². The van der Waals surface area contributed by atoms with Crippen LogP contribution in [0.5, 0.6) is 0 Å². The molecule has 28 heavy (non-hydrogen) atoms. The molecule has 4 heterocycles. The first-order valence-corrected chi connectivity index (χ1v) is 10.2. The maximum absolute atomic E-state index is 13.1. The fourth-order valence-electron chi connectivity index (χ4n) is 4.16. The van der Waals surface area contributed by atoms with Crippen LogP contribution < -0.4 is 10.6 Å². The lowest BCUT2D eigenvalue weighted by Gasteiger charge is -2.34. The minimum absolute atomic E-state index is 0.186.